The third kappa shape index (κ3) is 2.92. The molecule has 3 heteroatoms. The number of hydrogen-bond acceptors (Lipinski definition) is 3. The summed E-state index contributed by atoms with van der Waals surface area (Å²) in [4.78, 5) is 0. The van der Waals surface area contributed by atoms with Crippen LogP contribution in [-0.2, 0) is 9.47 Å². The van der Waals surface area contributed by atoms with Gasteiger partial charge in [-0.1, -0.05) is 20.8 Å². The molecular formula is C12H24O3. The van der Waals surface area contributed by atoms with Crippen molar-refractivity contribution in [3.8, 4) is 0 Å². The van der Waals surface area contributed by atoms with Crippen LogP contribution in [0.15, 0.2) is 0 Å². The maximum Gasteiger partial charge on any atom is 0.181 e. The van der Waals surface area contributed by atoms with Gasteiger partial charge in [0.05, 0.1) is 12.2 Å². The number of aliphatic hydroxyl groups excluding tert-OH is 1. The first-order valence-corrected chi connectivity index (χ1v) is 5.96. The van der Waals surface area contributed by atoms with Crippen molar-refractivity contribution in [2.75, 3.05) is 0 Å². The number of ether oxygens (including phenoxy) is 2. The van der Waals surface area contributed by atoms with Crippen molar-refractivity contribution in [2.24, 2.45) is 11.8 Å². The molecule has 5 atom stereocenters. The average Bonchev–Trinajstić information content (AvgIpc) is 2.18. The smallest absolute Gasteiger partial charge is 0.181 e. The van der Waals surface area contributed by atoms with Gasteiger partial charge in [0, 0.05) is 0 Å². The molecule has 3 nitrogen and oxygen atoms in total. The van der Waals surface area contributed by atoms with Crippen LogP contribution in [0.1, 0.15) is 41.0 Å². The van der Waals surface area contributed by atoms with E-state index in [0.717, 1.165) is 6.42 Å². The van der Waals surface area contributed by atoms with Crippen LogP contribution in [0, 0.1) is 11.8 Å². The van der Waals surface area contributed by atoms with E-state index in [1.165, 1.54) is 0 Å². The van der Waals surface area contributed by atoms with Crippen LogP contribution >= 0.6 is 0 Å². The Kier molecular flexibility index (Phi) is 4.56. The first kappa shape index (κ1) is 12.9. The highest BCUT2D eigenvalue weighted by Gasteiger charge is 2.40. The van der Waals surface area contributed by atoms with Gasteiger partial charge in [0.15, 0.2) is 6.29 Å². The second kappa shape index (κ2) is 5.28. The van der Waals surface area contributed by atoms with E-state index in [2.05, 4.69) is 20.8 Å². The molecule has 0 radical (unpaired) electrons. The van der Waals surface area contributed by atoms with Crippen LogP contribution in [0.25, 0.3) is 0 Å². The summed E-state index contributed by atoms with van der Waals surface area (Å²) in [6.07, 6.45) is 0.256. The lowest BCUT2D eigenvalue weighted by molar-refractivity contribution is -0.268. The van der Waals surface area contributed by atoms with E-state index < -0.39 is 6.29 Å². The van der Waals surface area contributed by atoms with Crippen molar-refractivity contribution in [3.63, 3.8) is 0 Å². The highest BCUT2D eigenvalue weighted by atomic mass is 16.6. The number of hydrogen-bond donors (Lipinski definition) is 1. The van der Waals surface area contributed by atoms with E-state index in [0.29, 0.717) is 11.8 Å². The van der Waals surface area contributed by atoms with Crippen molar-refractivity contribution >= 4 is 0 Å². The predicted molar refractivity (Wildman–Crippen MR) is 59.5 cm³/mol. The zero-order chi connectivity index (χ0) is 11.6. The highest BCUT2D eigenvalue weighted by molar-refractivity contribution is 4.84. The molecule has 0 bridgehead atoms. The van der Waals surface area contributed by atoms with Gasteiger partial charge in [0.2, 0.25) is 0 Å². The van der Waals surface area contributed by atoms with Gasteiger partial charge in [-0.2, -0.15) is 0 Å². The zero-order valence-corrected chi connectivity index (χ0v) is 10.4. The lowest BCUT2D eigenvalue weighted by Gasteiger charge is -2.43. The Morgan fingerprint density at radius 3 is 2.33 bits per heavy atom. The molecule has 0 saturated carbocycles. The summed E-state index contributed by atoms with van der Waals surface area (Å²) in [6, 6.07) is 0. The van der Waals surface area contributed by atoms with Crippen molar-refractivity contribution in [1.82, 2.24) is 0 Å². The van der Waals surface area contributed by atoms with Gasteiger partial charge in [-0.3, -0.25) is 0 Å². The highest BCUT2D eigenvalue weighted by Crippen LogP contribution is 2.33. The van der Waals surface area contributed by atoms with Gasteiger partial charge in [-0.05, 0) is 32.1 Å². The lowest BCUT2D eigenvalue weighted by atomic mass is 9.82. The molecule has 15 heavy (non-hydrogen) atoms. The minimum absolute atomic E-state index is 0.126. The topological polar surface area (TPSA) is 38.7 Å². The van der Waals surface area contributed by atoms with E-state index in [-0.39, 0.29) is 18.3 Å². The van der Waals surface area contributed by atoms with E-state index >= 15 is 0 Å². The SMILES string of the molecule is CCC1O[C@@H](O)C(OC(C)C)[C@@H](C)[C@@H]1C. The van der Waals surface area contributed by atoms with Gasteiger partial charge in [0.25, 0.3) is 0 Å². The van der Waals surface area contributed by atoms with Gasteiger partial charge in [-0.25, -0.2) is 0 Å². The Hall–Kier alpha value is -0.120. The normalized spacial score (nSPS) is 42.2. The number of aliphatic hydroxyl groups is 1. The second-order valence-electron chi connectivity index (χ2n) is 4.84. The van der Waals surface area contributed by atoms with Gasteiger partial charge in [0.1, 0.15) is 6.10 Å². The fourth-order valence-electron chi connectivity index (χ4n) is 2.25. The molecular weight excluding hydrogens is 192 g/mol. The van der Waals surface area contributed by atoms with Crippen molar-refractivity contribution in [3.05, 3.63) is 0 Å². The van der Waals surface area contributed by atoms with E-state index in [9.17, 15) is 5.11 Å². The molecule has 1 aliphatic rings. The second-order valence-corrected chi connectivity index (χ2v) is 4.84. The number of rotatable bonds is 3. The summed E-state index contributed by atoms with van der Waals surface area (Å²) >= 11 is 0. The van der Waals surface area contributed by atoms with Gasteiger partial charge >= 0.3 is 0 Å². The summed E-state index contributed by atoms with van der Waals surface area (Å²) in [6.45, 7) is 10.4. The minimum Gasteiger partial charge on any atom is -0.370 e. The molecule has 1 saturated heterocycles. The van der Waals surface area contributed by atoms with Gasteiger partial charge < -0.3 is 14.6 Å². The van der Waals surface area contributed by atoms with Crippen molar-refractivity contribution in [1.29, 1.82) is 0 Å². The first-order chi connectivity index (χ1) is 6.97. The van der Waals surface area contributed by atoms with E-state index in [4.69, 9.17) is 9.47 Å². The molecule has 1 heterocycles. The monoisotopic (exact) mass is 216 g/mol. The summed E-state index contributed by atoms with van der Waals surface area (Å²) < 4.78 is 11.3. The predicted octanol–water partition coefficient (Wildman–Crippen LogP) is 2.18. The maximum atomic E-state index is 9.86. The van der Waals surface area contributed by atoms with E-state index in [1.807, 2.05) is 13.8 Å². The summed E-state index contributed by atoms with van der Waals surface area (Å²) in [5.74, 6) is 0.767. The molecule has 0 aliphatic carbocycles. The maximum absolute atomic E-state index is 9.86. The summed E-state index contributed by atoms with van der Waals surface area (Å²) in [5, 5.41) is 9.86. The Labute approximate surface area is 92.8 Å². The fraction of sp³-hybridized carbons (Fsp3) is 1.00. The van der Waals surface area contributed by atoms with Crippen molar-refractivity contribution < 1.29 is 14.6 Å². The summed E-state index contributed by atoms with van der Waals surface area (Å²) in [7, 11) is 0. The van der Waals surface area contributed by atoms with Gasteiger partial charge in [-0.15, -0.1) is 0 Å². The van der Waals surface area contributed by atoms with E-state index in [1.54, 1.807) is 0 Å². The molecule has 0 aromatic rings. The zero-order valence-electron chi connectivity index (χ0n) is 10.4. The Bertz CT molecular complexity index is 193. The van der Waals surface area contributed by atoms with Crippen LogP contribution in [0.5, 0.6) is 0 Å². The lowest BCUT2D eigenvalue weighted by Crippen LogP contribution is -2.50. The van der Waals surface area contributed by atoms with Crippen molar-refractivity contribution in [2.45, 2.75) is 65.6 Å². The molecule has 1 fully saturated rings. The molecule has 0 spiro atoms. The largest absolute Gasteiger partial charge is 0.370 e. The third-order valence-corrected chi connectivity index (χ3v) is 3.36. The molecule has 1 aliphatic heterocycles. The van der Waals surface area contributed by atoms with Crippen LogP contribution < -0.4 is 0 Å². The Morgan fingerprint density at radius 1 is 1.27 bits per heavy atom. The molecule has 1 N–H and O–H groups in total. The minimum atomic E-state index is -0.774. The first-order valence-electron chi connectivity index (χ1n) is 5.96. The van der Waals surface area contributed by atoms with Crippen LogP contribution in [0.4, 0.5) is 0 Å². The molecule has 0 amide bonds. The molecule has 2 unspecified atom stereocenters. The van der Waals surface area contributed by atoms with Crippen LogP contribution in [-0.4, -0.2) is 29.7 Å². The fourth-order valence-corrected chi connectivity index (χ4v) is 2.25. The molecule has 90 valence electrons. The van der Waals surface area contributed by atoms with Crippen LogP contribution in [0.2, 0.25) is 0 Å². The standard InChI is InChI=1S/C12H24O3/c1-6-10-8(4)9(5)11(12(13)15-10)14-7(2)3/h7-13H,6H2,1-5H3/t8-,9-,10?,11?,12+/m0/s1. The molecule has 1 rings (SSSR count). The Morgan fingerprint density at radius 2 is 1.87 bits per heavy atom. The Balaban J connectivity index is 2.66. The molecule has 0 aromatic heterocycles. The average molecular weight is 216 g/mol. The quantitative estimate of drug-likeness (QED) is 0.786. The summed E-state index contributed by atoms with van der Waals surface area (Å²) in [5.41, 5.74) is 0. The van der Waals surface area contributed by atoms with Crippen LogP contribution in [0.3, 0.4) is 0 Å². The molecule has 0 aromatic carbocycles. The third-order valence-electron chi connectivity index (χ3n) is 3.36.